The number of ether oxygens (including phenoxy) is 2. The molecule has 8 heteroatoms. The Morgan fingerprint density at radius 1 is 1.44 bits per heavy atom. The smallest absolute Gasteiger partial charge is 0.249 e. The van der Waals surface area contributed by atoms with Gasteiger partial charge in [-0.25, -0.2) is 18.5 Å². The monoisotopic (exact) mass is 264 g/mol. The third-order valence-corrected chi connectivity index (χ3v) is 5.13. The Hall–Kier alpha value is -0.540. The summed E-state index contributed by atoms with van der Waals surface area (Å²) < 4.78 is 33.4. The Morgan fingerprint density at radius 3 is 2.44 bits per heavy atom. The van der Waals surface area contributed by atoms with Crippen LogP contribution < -0.4 is 5.14 Å². The maximum Gasteiger partial charge on any atom is 0.249 e. The second-order valence-electron chi connectivity index (χ2n) is 3.58. The fourth-order valence-electron chi connectivity index (χ4n) is 1.48. The normalized spacial score (nSPS) is 20.2. The molecule has 0 unspecified atom stereocenters. The number of hydrogen-bond donors (Lipinski definition) is 1. The number of aromatic nitrogens is 1. The van der Waals surface area contributed by atoms with Crippen molar-refractivity contribution in [2.75, 3.05) is 13.2 Å². The van der Waals surface area contributed by atoms with Gasteiger partial charge in [0.25, 0.3) is 0 Å². The van der Waals surface area contributed by atoms with E-state index in [2.05, 4.69) is 4.98 Å². The highest BCUT2D eigenvalue weighted by atomic mass is 32.2. The highest BCUT2D eigenvalue weighted by Crippen LogP contribution is 2.36. The van der Waals surface area contributed by atoms with Crippen molar-refractivity contribution in [3.63, 3.8) is 0 Å². The standard InChI is InChI=1S/C8H12N2O4S2/c1-5-6(16(9,11)12)15-7(10-5)8(2)13-3-4-14-8/h3-4H2,1-2H3,(H2,9,11,12). The summed E-state index contributed by atoms with van der Waals surface area (Å²) in [7, 11) is -3.72. The highest BCUT2D eigenvalue weighted by molar-refractivity contribution is 7.91. The van der Waals surface area contributed by atoms with Gasteiger partial charge in [0, 0.05) is 0 Å². The van der Waals surface area contributed by atoms with E-state index < -0.39 is 15.8 Å². The largest absolute Gasteiger partial charge is 0.342 e. The second-order valence-corrected chi connectivity index (χ2v) is 6.34. The van der Waals surface area contributed by atoms with Crippen molar-refractivity contribution in [3.05, 3.63) is 10.7 Å². The van der Waals surface area contributed by atoms with Crippen LogP contribution >= 0.6 is 11.3 Å². The molecule has 16 heavy (non-hydrogen) atoms. The molecule has 6 nitrogen and oxygen atoms in total. The average molecular weight is 264 g/mol. The molecule has 1 aromatic rings. The minimum atomic E-state index is -3.72. The van der Waals surface area contributed by atoms with Crippen molar-refractivity contribution in [2.24, 2.45) is 5.14 Å². The molecule has 0 saturated carbocycles. The average Bonchev–Trinajstić information content (AvgIpc) is 2.71. The summed E-state index contributed by atoms with van der Waals surface area (Å²) in [4.78, 5) is 4.14. The van der Waals surface area contributed by atoms with Gasteiger partial charge >= 0.3 is 0 Å². The first-order valence-electron chi connectivity index (χ1n) is 4.61. The molecule has 1 fully saturated rings. The van der Waals surface area contributed by atoms with Crippen LogP contribution in [0.3, 0.4) is 0 Å². The predicted molar refractivity (Wildman–Crippen MR) is 57.5 cm³/mol. The van der Waals surface area contributed by atoms with Crippen LogP contribution in [0.1, 0.15) is 17.6 Å². The molecule has 2 N–H and O–H groups in total. The molecule has 0 atom stereocenters. The van der Waals surface area contributed by atoms with Gasteiger partial charge in [-0.3, -0.25) is 0 Å². The first-order chi connectivity index (χ1) is 7.33. The van der Waals surface area contributed by atoms with Crippen LogP contribution in [0.4, 0.5) is 0 Å². The van der Waals surface area contributed by atoms with Crippen LogP contribution in [0.25, 0.3) is 0 Å². The quantitative estimate of drug-likeness (QED) is 0.830. The maximum atomic E-state index is 11.3. The molecule has 90 valence electrons. The van der Waals surface area contributed by atoms with E-state index in [-0.39, 0.29) is 4.21 Å². The van der Waals surface area contributed by atoms with Gasteiger partial charge < -0.3 is 9.47 Å². The van der Waals surface area contributed by atoms with Crippen molar-refractivity contribution >= 4 is 21.4 Å². The number of thiazole rings is 1. The Balaban J connectivity index is 2.46. The summed E-state index contributed by atoms with van der Waals surface area (Å²) >= 11 is 0.988. The lowest BCUT2D eigenvalue weighted by Crippen LogP contribution is -2.22. The van der Waals surface area contributed by atoms with E-state index in [9.17, 15) is 8.42 Å². The Morgan fingerprint density at radius 2 is 2.00 bits per heavy atom. The summed E-state index contributed by atoms with van der Waals surface area (Å²) in [5, 5.41) is 5.55. The molecule has 1 saturated heterocycles. The molecule has 1 aromatic heterocycles. The van der Waals surface area contributed by atoms with Gasteiger partial charge in [-0.15, -0.1) is 11.3 Å². The van der Waals surface area contributed by atoms with Gasteiger partial charge in [0.2, 0.25) is 15.8 Å². The van der Waals surface area contributed by atoms with Crippen molar-refractivity contribution < 1.29 is 17.9 Å². The van der Waals surface area contributed by atoms with E-state index in [4.69, 9.17) is 14.6 Å². The number of rotatable bonds is 2. The number of sulfonamides is 1. The molecule has 0 amide bonds. The van der Waals surface area contributed by atoms with Gasteiger partial charge in [0.1, 0.15) is 0 Å². The molecule has 0 radical (unpaired) electrons. The van der Waals surface area contributed by atoms with Crippen LogP contribution in [0.15, 0.2) is 4.21 Å². The molecule has 0 aliphatic carbocycles. The van der Waals surface area contributed by atoms with Crippen LogP contribution in [0.2, 0.25) is 0 Å². The SMILES string of the molecule is Cc1nc(C2(C)OCCO2)sc1S(N)(=O)=O. The van der Waals surface area contributed by atoms with Crippen molar-refractivity contribution in [3.8, 4) is 0 Å². The van der Waals surface area contributed by atoms with Gasteiger partial charge in [-0.05, 0) is 13.8 Å². The molecular formula is C8H12N2O4S2. The van der Waals surface area contributed by atoms with Crippen molar-refractivity contribution in [1.29, 1.82) is 0 Å². The van der Waals surface area contributed by atoms with Crippen LogP contribution in [-0.4, -0.2) is 26.6 Å². The van der Waals surface area contributed by atoms with E-state index in [0.717, 1.165) is 11.3 Å². The lowest BCUT2D eigenvalue weighted by Gasteiger charge is -2.18. The summed E-state index contributed by atoms with van der Waals surface area (Å²) in [6.45, 7) is 4.25. The van der Waals surface area contributed by atoms with E-state index >= 15 is 0 Å². The summed E-state index contributed by atoms with van der Waals surface area (Å²) in [6, 6.07) is 0. The Bertz CT molecular complexity index is 502. The number of nitrogens with two attached hydrogens (primary N) is 1. The number of hydrogen-bond acceptors (Lipinski definition) is 6. The molecular weight excluding hydrogens is 252 g/mol. The van der Waals surface area contributed by atoms with E-state index in [0.29, 0.717) is 23.9 Å². The summed E-state index contributed by atoms with van der Waals surface area (Å²) in [5.74, 6) is -0.946. The Kier molecular flexibility index (Phi) is 2.79. The van der Waals surface area contributed by atoms with E-state index in [1.54, 1.807) is 13.8 Å². The summed E-state index contributed by atoms with van der Waals surface area (Å²) in [5.41, 5.74) is 0.378. The van der Waals surface area contributed by atoms with Gasteiger partial charge in [-0.1, -0.05) is 0 Å². The van der Waals surface area contributed by atoms with Crippen LogP contribution in [0.5, 0.6) is 0 Å². The number of aryl methyl sites for hydroxylation is 1. The molecule has 0 spiro atoms. The lowest BCUT2D eigenvalue weighted by molar-refractivity contribution is -0.149. The molecule has 1 aliphatic rings. The van der Waals surface area contributed by atoms with Gasteiger partial charge in [0.15, 0.2) is 9.22 Å². The van der Waals surface area contributed by atoms with Gasteiger partial charge in [-0.2, -0.15) is 0 Å². The first-order valence-corrected chi connectivity index (χ1v) is 6.98. The molecule has 1 aliphatic heterocycles. The second kappa shape index (κ2) is 3.74. The van der Waals surface area contributed by atoms with Crippen LogP contribution in [0, 0.1) is 6.92 Å². The number of primary sulfonamides is 1. The third kappa shape index (κ3) is 1.98. The minimum absolute atomic E-state index is 0.0582. The number of nitrogens with zero attached hydrogens (tertiary/aromatic N) is 1. The highest BCUT2D eigenvalue weighted by Gasteiger charge is 2.37. The molecule has 0 aromatic carbocycles. The zero-order valence-corrected chi connectivity index (χ0v) is 10.5. The van der Waals surface area contributed by atoms with Gasteiger partial charge in [0.05, 0.1) is 18.9 Å². The lowest BCUT2D eigenvalue weighted by atomic mass is 10.3. The molecule has 2 rings (SSSR count). The van der Waals surface area contributed by atoms with Crippen molar-refractivity contribution in [1.82, 2.24) is 4.98 Å². The fraction of sp³-hybridized carbons (Fsp3) is 0.625. The van der Waals surface area contributed by atoms with Crippen molar-refractivity contribution in [2.45, 2.75) is 23.8 Å². The zero-order valence-electron chi connectivity index (χ0n) is 8.89. The minimum Gasteiger partial charge on any atom is -0.342 e. The molecule has 2 heterocycles. The van der Waals surface area contributed by atoms with E-state index in [1.807, 2.05) is 0 Å². The molecule has 0 bridgehead atoms. The van der Waals surface area contributed by atoms with Crippen LogP contribution in [-0.2, 0) is 25.3 Å². The zero-order chi connectivity index (χ0) is 12.0. The topological polar surface area (TPSA) is 91.5 Å². The van der Waals surface area contributed by atoms with E-state index in [1.165, 1.54) is 0 Å². The predicted octanol–water partition coefficient (Wildman–Crippen LogP) is 0.318. The maximum absolute atomic E-state index is 11.3. The third-order valence-electron chi connectivity index (χ3n) is 2.24. The Labute approximate surface area is 97.4 Å². The fourth-order valence-corrected chi connectivity index (χ4v) is 3.49. The first kappa shape index (κ1) is 11.9. The summed E-state index contributed by atoms with van der Waals surface area (Å²) in [6.07, 6.45) is 0.